The van der Waals surface area contributed by atoms with Crippen molar-refractivity contribution in [3.63, 3.8) is 0 Å². The Balaban J connectivity index is 3.01. The Morgan fingerprint density at radius 3 is 2.80 bits per heavy atom. The molecule has 0 fully saturated rings. The van der Waals surface area contributed by atoms with Gasteiger partial charge < -0.3 is 9.35 Å². The van der Waals surface area contributed by atoms with E-state index in [4.69, 9.17) is 0 Å². The molecule has 0 aliphatic rings. The van der Waals surface area contributed by atoms with E-state index in [0.29, 0.717) is 16.9 Å². The molecule has 0 spiro atoms. The molecule has 1 N–H and O–H groups in total. The van der Waals surface area contributed by atoms with E-state index >= 15 is 0 Å². The molecule has 0 saturated carbocycles. The van der Waals surface area contributed by atoms with E-state index in [2.05, 4.69) is 4.72 Å². The lowest BCUT2D eigenvalue weighted by Crippen LogP contribution is -2.45. The molecule has 5 heteroatoms. The second kappa shape index (κ2) is 7.76. The van der Waals surface area contributed by atoms with Crippen LogP contribution in [0, 0.1) is 12.7 Å². The summed E-state index contributed by atoms with van der Waals surface area (Å²) in [6.07, 6.45) is 2.57. The molecular formula is C15H22FNO2S. The van der Waals surface area contributed by atoms with Crippen LogP contribution in [0.1, 0.15) is 44.2 Å². The normalized spacial score (nSPS) is 15.7. The van der Waals surface area contributed by atoms with E-state index in [-0.39, 0.29) is 12.2 Å². The predicted molar refractivity (Wildman–Crippen MR) is 80.2 cm³/mol. The van der Waals surface area contributed by atoms with Gasteiger partial charge in [0, 0.05) is 23.3 Å². The van der Waals surface area contributed by atoms with Crippen LogP contribution in [-0.4, -0.2) is 16.6 Å². The minimum absolute atomic E-state index is 0.0746. The first kappa shape index (κ1) is 17.1. The van der Waals surface area contributed by atoms with E-state index in [9.17, 15) is 13.7 Å². The average molecular weight is 299 g/mol. The number of unbranched alkanes of at least 4 members (excludes halogenated alkanes) is 1. The van der Waals surface area contributed by atoms with Crippen molar-refractivity contribution in [3.05, 3.63) is 35.1 Å². The smallest absolute Gasteiger partial charge is 0.131 e. The molecule has 1 aromatic carbocycles. The first-order valence-electron chi connectivity index (χ1n) is 6.80. The molecule has 0 unspecified atom stereocenters. The molecule has 0 saturated heterocycles. The molecule has 1 aromatic rings. The van der Waals surface area contributed by atoms with Crippen LogP contribution in [0.4, 0.5) is 4.39 Å². The molecule has 0 heterocycles. The van der Waals surface area contributed by atoms with Crippen LogP contribution >= 0.6 is 0 Å². The van der Waals surface area contributed by atoms with Gasteiger partial charge in [0.25, 0.3) is 0 Å². The molecule has 0 radical (unpaired) electrons. The van der Waals surface area contributed by atoms with Crippen molar-refractivity contribution in [1.82, 2.24) is 4.72 Å². The third-order valence-corrected chi connectivity index (χ3v) is 4.64. The monoisotopic (exact) mass is 299 g/mol. The van der Waals surface area contributed by atoms with Gasteiger partial charge in [-0.05, 0) is 25.8 Å². The van der Waals surface area contributed by atoms with Gasteiger partial charge in [-0.25, -0.2) is 4.39 Å². The summed E-state index contributed by atoms with van der Waals surface area (Å²) in [6.45, 7) is 5.40. The number of rotatable bonds is 8. The summed E-state index contributed by atoms with van der Waals surface area (Å²) < 4.78 is 29.2. The van der Waals surface area contributed by atoms with Crippen molar-refractivity contribution in [1.29, 1.82) is 0 Å². The fraction of sp³-hybridized carbons (Fsp3) is 0.533. The standard InChI is InChI=1S/C15H22FNO2S/c1-4-5-11-20(19)17-15(3,9-10-18)13-8-6-7-12(2)14(13)16/h6-8,10,17H,4-5,9,11H2,1-3H3/t15-,20+/m0/s1. The number of carbonyl (C=O) groups is 1. The largest absolute Gasteiger partial charge is 0.598 e. The van der Waals surface area contributed by atoms with Gasteiger partial charge in [-0.2, -0.15) is 0 Å². The van der Waals surface area contributed by atoms with E-state index in [1.165, 1.54) is 0 Å². The maximum absolute atomic E-state index is 14.3. The van der Waals surface area contributed by atoms with Gasteiger partial charge in [0.15, 0.2) is 0 Å². The zero-order valence-electron chi connectivity index (χ0n) is 12.2. The van der Waals surface area contributed by atoms with Crippen LogP contribution in [0.2, 0.25) is 0 Å². The summed E-state index contributed by atoms with van der Waals surface area (Å²) in [4.78, 5) is 10.9. The maximum atomic E-state index is 14.3. The van der Waals surface area contributed by atoms with Crippen molar-refractivity contribution >= 4 is 17.6 Å². The fourth-order valence-corrected chi connectivity index (χ4v) is 3.37. The number of hydrogen-bond acceptors (Lipinski definition) is 3. The van der Waals surface area contributed by atoms with E-state index in [1.807, 2.05) is 6.92 Å². The molecule has 3 nitrogen and oxygen atoms in total. The molecule has 0 aliphatic carbocycles. The number of nitrogens with one attached hydrogen (secondary N) is 1. The van der Waals surface area contributed by atoms with Gasteiger partial charge in [0.1, 0.15) is 17.9 Å². The highest BCUT2D eigenvalue weighted by Crippen LogP contribution is 2.28. The first-order chi connectivity index (χ1) is 9.44. The van der Waals surface area contributed by atoms with Crippen LogP contribution < -0.4 is 4.72 Å². The van der Waals surface area contributed by atoms with Crippen LogP contribution in [0.15, 0.2) is 18.2 Å². The van der Waals surface area contributed by atoms with Crippen LogP contribution in [0.5, 0.6) is 0 Å². The van der Waals surface area contributed by atoms with E-state index in [0.717, 1.165) is 19.1 Å². The van der Waals surface area contributed by atoms with Gasteiger partial charge in [-0.1, -0.05) is 31.5 Å². The van der Waals surface area contributed by atoms with Gasteiger partial charge >= 0.3 is 0 Å². The Kier molecular flexibility index (Phi) is 6.65. The highest BCUT2D eigenvalue weighted by molar-refractivity contribution is 7.89. The molecule has 2 atom stereocenters. The SMILES string of the molecule is CCCC[S@@+]([O-])N[C@@](C)(CC=O)c1cccc(C)c1F. The predicted octanol–water partition coefficient (Wildman–Crippen LogP) is 2.99. The fourth-order valence-electron chi connectivity index (χ4n) is 2.02. The molecule has 1 rings (SSSR count). The number of aryl methyl sites for hydroxylation is 1. The summed E-state index contributed by atoms with van der Waals surface area (Å²) >= 11 is -1.28. The number of hydrogen-bond donors (Lipinski definition) is 1. The van der Waals surface area contributed by atoms with Crippen LogP contribution in [-0.2, 0) is 21.7 Å². The van der Waals surface area contributed by atoms with Crippen molar-refractivity contribution in [2.75, 3.05) is 5.75 Å². The zero-order valence-corrected chi connectivity index (χ0v) is 13.1. The van der Waals surface area contributed by atoms with Crippen molar-refractivity contribution in [2.24, 2.45) is 0 Å². The third-order valence-electron chi connectivity index (χ3n) is 3.30. The van der Waals surface area contributed by atoms with Gasteiger partial charge in [0.05, 0.1) is 5.54 Å². The Hall–Kier alpha value is -0.910. The van der Waals surface area contributed by atoms with Crippen LogP contribution in [0.3, 0.4) is 0 Å². The van der Waals surface area contributed by atoms with E-state index in [1.54, 1.807) is 32.0 Å². The quantitative estimate of drug-likeness (QED) is 0.593. The minimum Gasteiger partial charge on any atom is -0.598 e. The first-order valence-corrected chi connectivity index (χ1v) is 8.12. The van der Waals surface area contributed by atoms with Crippen molar-refractivity contribution < 1.29 is 13.7 Å². The summed E-state index contributed by atoms with van der Waals surface area (Å²) in [5.41, 5.74) is -0.0496. The second-order valence-electron chi connectivity index (χ2n) is 5.14. The summed E-state index contributed by atoms with van der Waals surface area (Å²) in [7, 11) is 0. The summed E-state index contributed by atoms with van der Waals surface area (Å²) in [6, 6.07) is 5.05. The van der Waals surface area contributed by atoms with E-state index < -0.39 is 16.9 Å². The number of carbonyl (C=O) groups excluding carboxylic acids is 1. The Morgan fingerprint density at radius 1 is 1.50 bits per heavy atom. The van der Waals surface area contributed by atoms with Gasteiger partial charge in [-0.15, -0.1) is 4.72 Å². The third kappa shape index (κ3) is 4.30. The Labute approximate surface area is 123 Å². The Bertz CT molecular complexity index is 455. The number of benzene rings is 1. The second-order valence-corrected chi connectivity index (χ2v) is 6.45. The average Bonchev–Trinajstić information content (AvgIpc) is 2.39. The number of aldehydes is 1. The zero-order chi connectivity index (χ0) is 15.2. The summed E-state index contributed by atoms with van der Waals surface area (Å²) in [5, 5.41) is 0. The van der Waals surface area contributed by atoms with Gasteiger partial charge in [0.2, 0.25) is 0 Å². The van der Waals surface area contributed by atoms with Crippen LogP contribution in [0.25, 0.3) is 0 Å². The topological polar surface area (TPSA) is 52.2 Å². The molecule has 0 bridgehead atoms. The summed E-state index contributed by atoms with van der Waals surface area (Å²) in [5.74, 6) is 0.148. The molecule has 0 aliphatic heterocycles. The van der Waals surface area contributed by atoms with Crippen molar-refractivity contribution in [3.8, 4) is 0 Å². The van der Waals surface area contributed by atoms with Crippen molar-refractivity contribution in [2.45, 2.75) is 45.6 Å². The molecule has 112 valence electrons. The lowest BCUT2D eigenvalue weighted by molar-refractivity contribution is -0.108. The molecule has 0 aromatic heterocycles. The maximum Gasteiger partial charge on any atom is 0.131 e. The lowest BCUT2D eigenvalue weighted by Gasteiger charge is -2.30. The highest BCUT2D eigenvalue weighted by atomic mass is 32.2. The van der Waals surface area contributed by atoms with Gasteiger partial charge in [-0.3, -0.25) is 0 Å². The molecule has 20 heavy (non-hydrogen) atoms. The molecule has 0 amide bonds. The minimum atomic E-state index is -1.28. The number of halogens is 1. The lowest BCUT2D eigenvalue weighted by atomic mass is 9.89. The highest BCUT2D eigenvalue weighted by Gasteiger charge is 2.34. The Morgan fingerprint density at radius 2 is 2.20 bits per heavy atom. The molecular weight excluding hydrogens is 277 g/mol.